The highest BCUT2D eigenvalue weighted by molar-refractivity contribution is 6.30. The van der Waals surface area contributed by atoms with Gasteiger partial charge < -0.3 is 14.5 Å². The van der Waals surface area contributed by atoms with Crippen molar-refractivity contribution in [3.8, 4) is 28.7 Å². The lowest BCUT2D eigenvalue weighted by atomic mass is 10.1. The van der Waals surface area contributed by atoms with E-state index in [1.54, 1.807) is 43.5 Å². The largest absolute Gasteiger partial charge is 0.497 e. The van der Waals surface area contributed by atoms with Crippen LogP contribution in [0.1, 0.15) is 10.4 Å². The summed E-state index contributed by atoms with van der Waals surface area (Å²) in [5, 5.41) is 11.7. The predicted molar refractivity (Wildman–Crippen MR) is 111 cm³/mol. The van der Waals surface area contributed by atoms with Gasteiger partial charge >= 0.3 is 0 Å². The Balaban J connectivity index is 1.62. The number of halogens is 1. The van der Waals surface area contributed by atoms with Crippen LogP contribution in [-0.4, -0.2) is 23.2 Å². The molecule has 7 heteroatoms. The Morgan fingerprint density at radius 3 is 2.52 bits per heavy atom. The summed E-state index contributed by atoms with van der Waals surface area (Å²) in [6.07, 6.45) is 0. The first-order chi connectivity index (χ1) is 14.1. The Bertz CT molecular complexity index is 1160. The van der Waals surface area contributed by atoms with Crippen molar-refractivity contribution < 1.29 is 13.9 Å². The maximum absolute atomic E-state index is 12.6. The third-order valence-corrected chi connectivity index (χ3v) is 4.51. The number of aromatic nitrogens is 2. The van der Waals surface area contributed by atoms with Gasteiger partial charge in [0.05, 0.1) is 18.4 Å². The third kappa shape index (κ3) is 4.12. The Labute approximate surface area is 172 Å². The minimum atomic E-state index is -0.262. The second kappa shape index (κ2) is 8.16. The topological polar surface area (TPSA) is 77.3 Å². The molecule has 0 aliphatic heterocycles. The smallest absolute Gasteiger partial charge is 0.255 e. The van der Waals surface area contributed by atoms with E-state index < -0.39 is 0 Å². The summed E-state index contributed by atoms with van der Waals surface area (Å²) >= 11 is 5.89. The maximum atomic E-state index is 12.6. The fourth-order valence-corrected chi connectivity index (χ4v) is 2.91. The van der Waals surface area contributed by atoms with Crippen LogP contribution in [0.15, 0.2) is 77.2 Å². The van der Waals surface area contributed by atoms with Gasteiger partial charge in [-0.05, 0) is 54.6 Å². The van der Waals surface area contributed by atoms with Gasteiger partial charge in [-0.25, -0.2) is 0 Å². The molecular weight excluding hydrogens is 390 g/mol. The molecule has 0 spiro atoms. The Morgan fingerprint density at radius 1 is 0.966 bits per heavy atom. The van der Waals surface area contributed by atoms with Crippen LogP contribution in [-0.2, 0) is 0 Å². The quantitative estimate of drug-likeness (QED) is 0.486. The zero-order valence-corrected chi connectivity index (χ0v) is 16.2. The van der Waals surface area contributed by atoms with Gasteiger partial charge in [-0.3, -0.25) is 4.79 Å². The molecule has 4 aromatic rings. The van der Waals surface area contributed by atoms with Crippen LogP contribution in [0.5, 0.6) is 5.75 Å². The number of hydrogen-bond acceptors (Lipinski definition) is 5. The molecule has 6 nitrogen and oxygen atoms in total. The number of amides is 1. The number of ether oxygens (including phenoxy) is 1. The zero-order valence-electron chi connectivity index (χ0n) is 15.4. The number of anilines is 1. The molecule has 0 unspecified atom stereocenters. The average Bonchev–Trinajstić information content (AvgIpc) is 3.25. The van der Waals surface area contributed by atoms with Crippen molar-refractivity contribution in [1.29, 1.82) is 0 Å². The van der Waals surface area contributed by atoms with Gasteiger partial charge in [-0.1, -0.05) is 29.8 Å². The highest BCUT2D eigenvalue weighted by atomic mass is 35.5. The molecular formula is C22H16ClN3O3. The van der Waals surface area contributed by atoms with Gasteiger partial charge in [0.25, 0.3) is 5.91 Å². The van der Waals surface area contributed by atoms with Crippen molar-refractivity contribution in [2.45, 2.75) is 0 Å². The first-order valence-electron chi connectivity index (χ1n) is 8.78. The van der Waals surface area contributed by atoms with Crippen LogP contribution in [0.25, 0.3) is 22.9 Å². The fourth-order valence-electron chi connectivity index (χ4n) is 2.78. The van der Waals surface area contributed by atoms with E-state index in [9.17, 15) is 4.79 Å². The van der Waals surface area contributed by atoms with Gasteiger partial charge in [0.1, 0.15) is 5.75 Å². The van der Waals surface area contributed by atoms with Crippen molar-refractivity contribution in [2.24, 2.45) is 0 Å². The van der Waals surface area contributed by atoms with Crippen LogP contribution in [0.4, 0.5) is 5.69 Å². The lowest BCUT2D eigenvalue weighted by Crippen LogP contribution is -2.12. The second-order valence-corrected chi connectivity index (χ2v) is 6.59. The van der Waals surface area contributed by atoms with E-state index >= 15 is 0 Å². The molecule has 0 saturated heterocycles. The number of nitrogens with zero attached hydrogens (tertiary/aromatic N) is 2. The minimum absolute atomic E-state index is 0.262. The molecule has 0 fully saturated rings. The number of nitrogens with one attached hydrogen (secondary N) is 1. The maximum Gasteiger partial charge on any atom is 0.255 e. The van der Waals surface area contributed by atoms with Crippen molar-refractivity contribution in [2.75, 3.05) is 12.4 Å². The molecule has 0 bridgehead atoms. The van der Waals surface area contributed by atoms with Gasteiger partial charge in [0.2, 0.25) is 11.8 Å². The molecule has 1 aromatic heterocycles. The first kappa shape index (κ1) is 18.7. The summed E-state index contributed by atoms with van der Waals surface area (Å²) < 4.78 is 11.1. The number of carbonyl (C=O) groups is 1. The number of rotatable bonds is 5. The van der Waals surface area contributed by atoms with E-state index in [0.29, 0.717) is 39.4 Å². The molecule has 0 saturated carbocycles. The van der Waals surface area contributed by atoms with E-state index in [1.807, 2.05) is 36.4 Å². The lowest BCUT2D eigenvalue weighted by molar-refractivity contribution is 0.102. The fraction of sp³-hybridized carbons (Fsp3) is 0.0455. The monoisotopic (exact) mass is 405 g/mol. The van der Waals surface area contributed by atoms with Crippen LogP contribution in [0.3, 0.4) is 0 Å². The molecule has 1 heterocycles. The molecule has 0 atom stereocenters. The molecule has 29 heavy (non-hydrogen) atoms. The number of carbonyl (C=O) groups excluding carboxylic acids is 1. The van der Waals surface area contributed by atoms with Crippen molar-refractivity contribution in [3.63, 3.8) is 0 Å². The average molecular weight is 406 g/mol. The predicted octanol–water partition coefficient (Wildman–Crippen LogP) is 5.32. The Kier molecular flexibility index (Phi) is 5.27. The second-order valence-electron chi connectivity index (χ2n) is 6.15. The summed E-state index contributed by atoms with van der Waals surface area (Å²) in [5.74, 6) is 1.09. The number of methoxy groups -OCH3 is 1. The molecule has 1 amide bonds. The summed E-state index contributed by atoms with van der Waals surface area (Å²) in [6, 6.07) is 21.2. The van der Waals surface area contributed by atoms with Crippen LogP contribution < -0.4 is 10.1 Å². The van der Waals surface area contributed by atoms with E-state index in [1.165, 1.54) is 0 Å². The van der Waals surface area contributed by atoms with Gasteiger partial charge in [-0.15, -0.1) is 10.2 Å². The molecule has 3 aromatic carbocycles. The summed E-state index contributed by atoms with van der Waals surface area (Å²) in [4.78, 5) is 12.6. The molecule has 4 rings (SSSR count). The number of para-hydroxylation sites is 1. The van der Waals surface area contributed by atoms with Crippen molar-refractivity contribution in [1.82, 2.24) is 10.2 Å². The van der Waals surface area contributed by atoms with E-state index in [4.69, 9.17) is 20.8 Å². The highest BCUT2D eigenvalue weighted by Gasteiger charge is 2.16. The van der Waals surface area contributed by atoms with E-state index in [0.717, 1.165) is 5.56 Å². The standard InChI is InChI=1S/C22H16ClN3O3/c1-28-17-6-4-5-15(13-17)21-25-26-22(29-21)18-7-2-3-8-19(18)24-20(27)14-9-11-16(23)12-10-14/h2-13H,1H3,(H,24,27). The summed E-state index contributed by atoms with van der Waals surface area (Å²) in [6.45, 7) is 0. The molecule has 0 aliphatic carbocycles. The number of benzene rings is 3. The number of hydrogen-bond donors (Lipinski definition) is 1. The van der Waals surface area contributed by atoms with Gasteiger partial charge in [0.15, 0.2) is 0 Å². The van der Waals surface area contributed by atoms with E-state index in [2.05, 4.69) is 15.5 Å². The first-order valence-corrected chi connectivity index (χ1v) is 9.16. The van der Waals surface area contributed by atoms with Crippen LogP contribution in [0.2, 0.25) is 5.02 Å². The van der Waals surface area contributed by atoms with Gasteiger partial charge in [-0.2, -0.15) is 0 Å². The third-order valence-electron chi connectivity index (χ3n) is 4.25. The SMILES string of the molecule is COc1cccc(-c2nnc(-c3ccccc3NC(=O)c3ccc(Cl)cc3)o2)c1. The summed E-state index contributed by atoms with van der Waals surface area (Å²) in [5.41, 5.74) is 2.42. The lowest BCUT2D eigenvalue weighted by Gasteiger charge is -2.08. The molecule has 1 N–H and O–H groups in total. The van der Waals surface area contributed by atoms with Gasteiger partial charge in [0, 0.05) is 16.1 Å². The van der Waals surface area contributed by atoms with Crippen molar-refractivity contribution >= 4 is 23.2 Å². The van der Waals surface area contributed by atoms with Crippen LogP contribution in [0, 0.1) is 0 Å². The van der Waals surface area contributed by atoms with E-state index in [-0.39, 0.29) is 5.91 Å². The molecule has 0 aliphatic rings. The zero-order chi connectivity index (χ0) is 20.2. The molecule has 0 radical (unpaired) electrons. The Morgan fingerprint density at radius 2 is 1.72 bits per heavy atom. The summed E-state index contributed by atoms with van der Waals surface area (Å²) in [7, 11) is 1.60. The highest BCUT2D eigenvalue weighted by Crippen LogP contribution is 2.30. The Hall–Kier alpha value is -3.64. The normalized spacial score (nSPS) is 10.6. The van der Waals surface area contributed by atoms with Crippen molar-refractivity contribution in [3.05, 3.63) is 83.4 Å². The minimum Gasteiger partial charge on any atom is -0.497 e. The molecule has 144 valence electrons. The van der Waals surface area contributed by atoms with Crippen LogP contribution >= 0.6 is 11.6 Å².